The molecule has 0 saturated heterocycles. The molecule has 1 amide bonds. The second kappa shape index (κ2) is 9.68. The zero-order valence-electron chi connectivity index (χ0n) is 15.2. The number of nitrogens with one attached hydrogen (secondary N) is 1. The van der Waals surface area contributed by atoms with E-state index in [1.54, 1.807) is 36.4 Å². The number of carbonyl (C=O) groups excluding carboxylic acids is 1. The lowest BCUT2D eigenvalue weighted by Crippen LogP contribution is -2.22. The molecular formula is C20H20F3NO4. The number of benzene rings is 2. The monoisotopic (exact) mass is 395 g/mol. The van der Waals surface area contributed by atoms with Crippen LogP contribution in [0.3, 0.4) is 0 Å². The lowest BCUT2D eigenvalue weighted by molar-refractivity contribution is -0.153. The summed E-state index contributed by atoms with van der Waals surface area (Å²) in [6, 6.07) is 10.8. The maximum atomic E-state index is 12.3. The van der Waals surface area contributed by atoms with E-state index in [1.165, 1.54) is 19.2 Å². The summed E-state index contributed by atoms with van der Waals surface area (Å²) in [7, 11) is 1.47. The van der Waals surface area contributed by atoms with Gasteiger partial charge in [-0.3, -0.25) is 4.79 Å². The Balaban J connectivity index is 1.93. The molecule has 0 spiro atoms. The highest BCUT2D eigenvalue weighted by molar-refractivity contribution is 5.94. The van der Waals surface area contributed by atoms with Gasteiger partial charge in [-0.15, -0.1) is 0 Å². The lowest BCUT2D eigenvalue weighted by Gasteiger charge is -2.12. The molecule has 0 aliphatic heterocycles. The number of alkyl halides is 3. The van der Waals surface area contributed by atoms with Gasteiger partial charge >= 0.3 is 6.18 Å². The van der Waals surface area contributed by atoms with Crippen LogP contribution in [0.15, 0.2) is 55.1 Å². The summed E-state index contributed by atoms with van der Waals surface area (Å²) in [5.41, 5.74) is 1.10. The van der Waals surface area contributed by atoms with Crippen LogP contribution in [0.5, 0.6) is 17.2 Å². The molecule has 1 N–H and O–H groups in total. The summed E-state index contributed by atoms with van der Waals surface area (Å²) in [6.45, 7) is 2.73. The first-order chi connectivity index (χ1) is 13.3. The molecule has 0 radical (unpaired) electrons. The van der Waals surface area contributed by atoms with E-state index in [1.807, 2.05) is 0 Å². The summed E-state index contributed by atoms with van der Waals surface area (Å²) in [4.78, 5) is 12.3. The maximum Gasteiger partial charge on any atom is 0.422 e. The molecule has 0 aliphatic carbocycles. The van der Waals surface area contributed by atoms with Gasteiger partial charge in [0.2, 0.25) is 0 Å². The average molecular weight is 395 g/mol. The van der Waals surface area contributed by atoms with Gasteiger partial charge in [-0.2, -0.15) is 13.2 Å². The van der Waals surface area contributed by atoms with E-state index < -0.39 is 12.8 Å². The van der Waals surface area contributed by atoms with Gasteiger partial charge in [0, 0.05) is 12.1 Å². The first-order valence-electron chi connectivity index (χ1n) is 8.31. The fourth-order valence-electron chi connectivity index (χ4n) is 2.23. The molecule has 8 heteroatoms. The summed E-state index contributed by atoms with van der Waals surface area (Å²) in [5.74, 6) is 0.687. The zero-order chi connectivity index (χ0) is 20.6. The van der Waals surface area contributed by atoms with Crippen LogP contribution in [0.1, 0.15) is 15.9 Å². The van der Waals surface area contributed by atoms with Crippen LogP contribution in [-0.2, 0) is 6.54 Å². The summed E-state index contributed by atoms with van der Waals surface area (Å²) in [5, 5.41) is 2.73. The van der Waals surface area contributed by atoms with Crippen LogP contribution >= 0.6 is 0 Å². The molecule has 0 unspecified atom stereocenters. The third-order valence-electron chi connectivity index (χ3n) is 3.56. The number of halogens is 3. The standard InChI is InChI=1S/C20H20F3NO4/c1-3-10-27-17-9-6-15(11-18(17)26-2)19(25)24-12-14-4-7-16(8-5-14)28-13-20(21,22)23/h3-9,11H,1,10,12-13H2,2H3,(H,24,25). The molecule has 5 nitrogen and oxygen atoms in total. The van der Waals surface area contributed by atoms with Gasteiger partial charge in [-0.05, 0) is 35.9 Å². The van der Waals surface area contributed by atoms with Crippen molar-refractivity contribution in [3.05, 3.63) is 66.2 Å². The van der Waals surface area contributed by atoms with E-state index in [9.17, 15) is 18.0 Å². The first-order valence-corrected chi connectivity index (χ1v) is 8.31. The van der Waals surface area contributed by atoms with Crippen molar-refractivity contribution in [2.75, 3.05) is 20.3 Å². The highest BCUT2D eigenvalue weighted by Crippen LogP contribution is 2.28. The highest BCUT2D eigenvalue weighted by Gasteiger charge is 2.28. The second-order valence-corrected chi connectivity index (χ2v) is 5.70. The Morgan fingerprint density at radius 3 is 2.43 bits per heavy atom. The number of carbonyl (C=O) groups is 1. The van der Waals surface area contributed by atoms with Gasteiger partial charge in [-0.25, -0.2) is 0 Å². The first kappa shape index (κ1) is 21.1. The zero-order valence-corrected chi connectivity index (χ0v) is 15.2. The molecule has 0 heterocycles. The molecular weight excluding hydrogens is 375 g/mol. The molecule has 0 saturated carbocycles. The van der Waals surface area contributed by atoms with Crippen molar-refractivity contribution < 1.29 is 32.2 Å². The van der Waals surface area contributed by atoms with Crippen molar-refractivity contribution >= 4 is 5.91 Å². The van der Waals surface area contributed by atoms with Crippen LogP contribution in [-0.4, -0.2) is 32.4 Å². The molecule has 0 atom stereocenters. The smallest absolute Gasteiger partial charge is 0.422 e. The lowest BCUT2D eigenvalue weighted by atomic mass is 10.1. The predicted molar refractivity (Wildman–Crippen MR) is 97.8 cm³/mol. The Morgan fingerprint density at radius 2 is 1.82 bits per heavy atom. The van der Waals surface area contributed by atoms with E-state index in [4.69, 9.17) is 9.47 Å². The van der Waals surface area contributed by atoms with E-state index in [0.29, 0.717) is 29.2 Å². The topological polar surface area (TPSA) is 56.8 Å². The third-order valence-corrected chi connectivity index (χ3v) is 3.56. The number of rotatable bonds is 9. The predicted octanol–water partition coefficient (Wildman–Crippen LogP) is 4.13. The number of methoxy groups -OCH3 is 1. The quantitative estimate of drug-likeness (QED) is 0.649. The van der Waals surface area contributed by atoms with E-state index in [2.05, 4.69) is 16.6 Å². The van der Waals surface area contributed by atoms with Crippen LogP contribution in [0.25, 0.3) is 0 Å². The van der Waals surface area contributed by atoms with Crippen molar-refractivity contribution in [3.63, 3.8) is 0 Å². The fraction of sp³-hybridized carbons (Fsp3) is 0.250. The van der Waals surface area contributed by atoms with Gasteiger partial charge in [0.1, 0.15) is 12.4 Å². The fourth-order valence-corrected chi connectivity index (χ4v) is 2.23. The molecule has 0 fully saturated rings. The SMILES string of the molecule is C=CCOc1ccc(C(=O)NCc2ccc(OCC(F)(F)F)cc2)cc1OC. The van der Waals surface area contributed by atoms with Gasteiger partial charge < -0.3 is 19.5 Å². The molecule has 28 heavy (non-hydrogen) atoms. The van der Waals surface area contributed by atoms with Crippen molar-refractivity contribution in [2.24, 2.45) is 0 Å². The van der Waals surface area contributed by atoms with Crippen molar-refractivity contribution in [1.82, 2.24) is 5.32 Å². The Kier molecular flexibility index (Phi) is 7.31. The number of amides is 1. The third kappa shape index (κ3) is 6.53. The van der Waals surface area contributed by atoms with Crippen LogP contribution in [0.2, 0.25) is 0 Å². The number of ether oxygens (including phenoxy) is 3. The minimum absolute atomic E-state index is 0.104. The highest BCUT2D eigenvalue weighted by atomic mass is 19.4. The minimum atomic E-state index is -4.39. The largest absolute Gasteiger partial charge is 0.493 e. The number of hydrogen-bond acceptors (Lipinski definition) is 4. The molecule has 0 bridgehead atoms. The van der Waals surface area contributed by atoms with Gasteiger partial charge in [-0.1, -0.05) is 24.8 Å². The minimum Gasteiger partial charge on any atom is -0.493 e. The Hall–Kier alpha value is -3.16. The molecule has 2 aromatic rings. The van der Waals surface area contributed by atoms with Crippen LogP contribution in [0.4, 0.5) is 13.2 Å². The Labute approximate surface area is 160 Å². The van der Waals surface area contributed by atoms with Crippen molar-refractivity contribution in [1.29, 1.82) is 0 Å². The van der Waals surface area contributed by atoms with Crippen LogP contribution in [0, 0.1) is 0 Å². The van der Waals surface area contributed by atoms with Gasteiger partial charge in [0.15, 0.2) is 18.1 Å². The molecule has 0 aliphatic rings. The van der Waals surface area contributed by atoms with Crippen molar-refractivity contribution in [2.45, 2.75) is 12.7 Å². The summed E-state index contributed by atoms with van der Waals surface area (Å²) >= 11 is 0. The normalized spacial score (nSPS) is 10.9. The summed E-state index contributed by atoms with van der Waals surface area (Å²) < 4.78 is 51.7. The Bertz CT molecular complexity index is 804. The Morgan fingerprint density at radius 1 is 1.11 bits per heavy atom. The maximum absolute atomic E-state index is 12.3. The average Bonchev–Trinajstić information content (AvgIpc) is 2.69. The van der Waals surface area contributed by atoms with Crippen LogP contribution < -0.4 is 19.5 Å². The molecule has 0 aromatic heterocycles. The van der Waals surface area contributed by atoms with Gasteiger partial charge in [0.05, 0.1) is 7.11 Å². The van der Waals surface area contributed by atoms with Crippen molar-refractivity contribution in [3.8, 4) is 17.2 Å². The van der Waals surface area contributed by atoms with Gasteiger partial charge in [0.25, 0.3) is 5.91 Å². The van der Waals surface area contributed by atoms with E-state index in [-0.39, 0.29) is 18.2 Å². The summed E-state index contributed by atoms with van der Waals surface area (Å²) in [6.07, 6.45) is -2.79. The molecule has 2 aromatic carbocycles. The second-order valence-electron chi connectivity index (χ2n) is 5.70. The molecule has 2 rings (SSSR count). The number of hydrogen-bond donors (Lipinski definition) is 1. The van der Waals surface area contributed by atoms with E-state index >= 15 is 0 Å². The molecule has 150 valence electrons. The van der Waals surface area contributed by atoms with E-state index in [0.717, 1.165) is 0 Å².